The van der Waals surface area contributed by atoms with Crippen LogP contribution in [-0.2, 0) is 6.18 Å². The monoisotopic (exact) mass is 363 g/mol. The molecule has 1 N–H and O–H groups in total. The van der Waals surface area contributed by atoms with Crippen molar-refractivity contribution < 1.29 is 13.2 Å². The van der Waals surface area contributed by atoms with Gasteiger partial charge >= 0.3 is 6.18 Å². The molecule has 0 fully saturated rings. The summed E-state index contributed by atoms with van der Waals surface area (Å²) in [6.07, 6.45) is -4.43. The third-order valence-electron chi connectivity index (χ3n) is 2.85. The molecule has 2 rings (SSSR count). The normalized spacial score (nSPS) is 13.4. The van der Waals surface area contributed by atoms with Crippen LogP contribution in [0, 0.1) is 0 Å². The fourth-order valence-corrected chi connectivity index (χ4v) is 2.39. The predicted molar refractivity (Wildman–Crippen MR) is 73.9 cm³/mol. The predicted octanol–water partition coefficient (Wildman–Crippen LogP) is 3.11. The third kappa shape index (κ3) is 3.59. The zero-order valence-electron chi connectivity index (χ0n) is 11.3. The van der Waals surface area contributed by atoms with E-state index in [1.54, 1.807) is 0 Å². The summed E-state index contributed by atoms with van der Waals surface area (Å²) in [7, 11) is 0. The lowest BCUT2D eigenvalue weighted by Crippen LogP contribution is -2.21. The van der Waals surface area contributed by atoms with E-state index in [0.29, 0.717) is 16.8 Å². The third-order valence-corrected chi connectivity index (χ3v) is 3.30. The van der Waals surface area contributed by atoms with Crippen LogP contribution in [0.1, 0.15) is 31.3 Å². The highest BCUT2D eigenvalue weighted by Gasteiger charge is 2.31. The summed E-state index contributed by atoms with van der Waals surface area (Å²) in [5, 5.41) is 14.3. The molecule has 1 aromatic heterocycles. The van der Waals surface area contributed by atoms with Crippen molar-refractivity contribution >= 4 is 15.9 Å². The van der Waals surface area contributed by atoms with E-state index in [4.69, 9.17) is 0 Å². The number of rotatable bonds is 4. The molecule has 0 amide bonds. The van der Waals surface area contributed by atoms with Crippen LogP contribution in [0.4, 0.5) is 13.2 Å². The van der Waals surface area contributed by atoms with Crippen molar-refractivity contribution in [2.45, 2.75) is 26.1 Å². The summed E-state index contributed by atoms with van der Waals surface area (Å²) in [6, 6.07) is 3.39. The van der Waals surface area contributed by atoms with E-state index in [9.17, 15) is 13.2 Å². The van der Waals surface area contributed by atoms with E-state index < -0.39 is 11.7 Å². The lowest BCUT2D eigenvalue weighted by atomic mass is 10.2. The van der Waals surface area contributed by atoms with Gasteiger partial charge in [-0.05, 0) is 42.1 Å². The van der Waals surface area contributed by atoms with Crippen LogP contribution >= 0.6 is 15.9 Å². The number of halogens is 4. The molecular formula is C12H13BrF3N5. The maximum absolute atomic E-state index is 12.9. The molecule has 0 saturated carbocycles. The summed E-state index contributed by atoms with van der Waals surface area (Å²) < 4.78 is 40.2. The molecule has 0 aliphatic heterocycles. The Morgan fingerprint density at radius 1 is 1.33 bits per heavy atom. The average molecular weight is 364 g/mol. The van der Waals surface area contributed by atoms with Crippen LogP contribution < -0.4 is 5.32 Å². The highest BCUT2D eigenvalue weighted by molar-refractivity contribution is 9.10. The van der Waals surface area contributed by atoms with Gasteiger partial charge in [0.05, 0.1) is 17.3 Å². The molecule has 0 radical (unpaired) electrons. The van der Waals surface area contributed by atoms with Gasteiger partial charge in [-0.1, -0.05) is 22.9 Å². The summed E-state index contributed by atoms with van der Waals surface area (Å²) in [5.74, 6) is 0.447. The van der Waals surface area contributed by atoms with Crippen molar-refractivity contribution in [3.63, 3.8) is 0 Å². The number of tetrazole rings is 1. The van der Waals surface area contributed by atoms with E-state index in [1.165, 1.54) is 10.7 Å². The van der Waals surface area contributed by atoms with E-state index in [1.807, 2.05) is 13.8 Å². The standard InChI is InChI=1S/C12H13BrF3N5/c1-3-17-7(2)11-18-19-20-21(11)10-5-8(12(14,15)16)4-9(13)6-10/h4-7,17H,3H2,1-2H3. The topological polar surface area (TPSA) is 55.6 Å². The smallest absolute Gasteiger partial charge is 0.308 e. The minimum atomic E-state index is -4.43. The first kappa shape index (κ1) is 15.9. The Morgan fingerprint density at radius 3 is 2.67 bits per heavy atom. The Balaban J connectivity index is 2.48. The first-order valence-electron chi connectivity index (χ1n) is 6.22. The number of benzene rings is 1. The van der Waals surface area contributed by atoms with E-state index in [0.717, 1.165) is 12.1 Å². The van der Waals surface area contributed by atoms with Crippen LogP contribution in [0.15, 0.2) is 22.7 Å². The van der Waals surface area contributed by atoms with Gasteiger partial charge in [-0.3, -0.25) is 0 Å². The van der Waals surface area contributed by atoms with Gasteiger partial charge < -0.3 is 5.32 Å². The van der Waals surface area contributed by atoms with Crippen molar-refractivity contribution in [2.75, 3.05) is 6.54 Å². The Morgan fingerprint density at radius 2 is 2.05 bits per heavy atom. The van der Waals surface area contributed by atoms with Crippen molar-refractivity contribution in [1.29, 1.82) is 0 Å². The molecule has 114 valence electrons. The van der Waals surface area contributed by atoms with Crippen LogP contribution in [0.5, 0.6) is 0 Å². The van der Waals surface area contributed by atoms with Gasteiger partial charge in [0.2, 0.25) is 0 Å². The number of alkyl halides is 3. The molecule has 21 heavy (non-hydrogen) atoms. The summed E-state index contributed by atoms with van der Waals surface area (Å²) >= 11 is 3.09. The average Bonchev–Trinajstić information content (AvgIpc) is 2.86. The molecule has 9 heteroatoms. The second-order valence-corrected chi connectivity index (χ2v) is 5.34. The van der Waals surface area contributed by atoms with Crippen LogP contribution in [0.2, 0.25) is 0 Å². The van der Waals surface area contributed by atoms with Gasteiger partial charge in [0.1, 0.15) is 0 Å². The van der Waals surface area contributed by atoms with Crippen molar-refractivity contribution in [2.24, 2.45) is 0 Å². The van der Waals surface area contributed by atoms with Gasteiger partial charge in [0.15, 0.2) is 5.82 Å². The molecular weight excluding hydrogens is 351 g/mol. The minimum Gasteiger partial charge on any atom is -0.308 e. The molecule has 1 aromatic carbocycles. The molecule has 0 aliphatic rings. The lowest BCUT2D eigenvalue weighted by Gasteiger charge is -2.14. The number of nitrogens with zero attached hydrogens (tertiary/aromatic N) is 4. The number of aromatic nitrogens is 4. The zero-order valence-corrected chi connectivity index (χ0v) is 12.9. The molecule has 0 aliphatic carbocycles. The lowest BCUT2D eigenvalue weighted by molar-refractivity contribution is -0.137. The van der Waals surface area contributed by atoms with Gasteiger partial charge in [0.25, 0.3) is 0 Å². The molecule has 2 aromatic rings. The molecule has 5 nitrogen and oxygen atoms in total. The summed E-state index contributed by atoms with van der Waals surface area (Å²) in [5.41, 5.74) is -0.508. The molecule has 0 bridgehead atoms. The largest absolute Gasteiger partial charge is 0.416 e. The van der Waals surface area contributed by atoms with E-state index in [-0.39, 0.29) is 11.7 Å². The first-order valence-corrected chi connectivity index (χ1v) is 7.02. The number of nitrogens with one attached hydrogen (secondary N) is 1. The minimum absolute atomic E-state index is 0.182. The molecule has 1 atom stereocenters. The van der Waals surface area contributed by atoms with E-state index in [2.05, 4.69) is 36.8 Å². The quantitative estimate of drug-likeness (QED) is 0.906. The van der Waals surface area contributed by atoms with Crippen molar-refractivity contribution in [3.8, 4) is 5.69 Å². The van der Waals surface area contributed by atoms with Crippen molar-refractivity contribution in [1.82, 2.24) is 25.5 Å². The summed E-state index contributed by atoms with van der Waals surface area (Å²) in [4.78, 5) is 0. The fraction of sp³-hybridized carbons (Fsp3) is 0.417. The van der Waals surface area contributed by atoms with Crippen LogP contribution in [-0.4, -0.2) is 26.8 Å². The van der Waals surface area contributed by atoms with Gasteiger partial charge in [-0.2, -0.15) is 17.9 Å². The fourth-order valence-electron chi connectivity index (χ4n) is 1.91. The number of hydrogen-bond acceptors (Lipinski definition) is 4. The SMILES string of the molecule is CCNC(C)c1nnnn1-c1cc(Br)cc(C(F)(F)F)c1. The van der Waals surface area contributed by atoms with Gasteiger partial charge in [-0.15, -0.1) is 5.10 Å². The second kappa shape index (κ2) is 6.10. The first-order chi connectivity index (χ1) is 9.82. The maximum Gasteiger partial charge on any atom is 0.416 e. The highest BCUT2D eigenvalue weighted by Crippen LogP contribution is 2.33. The number of hydrogen-bond donors (Lipinski definition) is 1. The van der Waals surface area contributed by atoms with Gasteiger partial charge in [-0.25, -0.2) is 0 Å². The molecule has 1 heterocycles. The van der Waals surface area contributed by atoms with Crippen LogP contribution in [0.25, 0.3) is 5.69 Å². The molecule has 0 spiro atoms. The zero-order chi connectivity index (χ0) is 15.6. The second-order valence-electron chi connectivity index (χ2n) is 4.42. The molecule has 1 unspecified atom stereocenters. The van der Waals surface area contributed by atoms with Gasteiger partial charge in [0, 0.05) is 4.47 Å². The Labute approximate surface area is 127 Å². The maximum atomic E-state index is 12.9. The Bertz CT molecular complexity index is 626. The molecule has 0 saturated heterocycles. The Hall–Kier alpha value is -1.48. The van der Waals surface area contributed by atoms with E-state index >= 15 is 0 Å². The van der Waals surface area contributed by atoms with Crippen molar-refractivity contribution in [3.05, 3.63) is 34.1 Å². The van der Waals surface area contributed by atoms with Crippen LogP contribution in [0.3, 0.4) is 0 Å². The highest BCUT2D eigenvalue weighted by atomic mass is 79.9. The Kier molecular flexibility index (Phi) is 4.62. The summed E-state index contributed by atoms with van der Waals surface area (Å²) in [6.45, 7) is 4.46.